The summed E-state index contributed by atoms with van der Waals surface area (Å²) >= 11 is 0. The van der Waals surface area contributed by atoms with Gasteiger partial charge in [-0.2, -0.15) is 0 Å². The van der Waals surface area contributed by atoms with E-state index in [1.807, 2.05) is 0 Å². The van der Waals surface area contributed by atoms with Crippen LogP contribution in [0.25, 0.3) is 0 Å². The van der Waals surface area contributed by atoms with Gasteiger partial charge in [-0.15, -0.1) is 0 Å². The summed E-state index contributed by atoms with van der Waals surface area (Å²) in [6, 6.07) is -0.674. The van der Waals surface area contributed by atoms with Crippen LogP contribution < -0.4 is 4.72 Å². The number of hydrogen-bond donors (Lipinski definition) is 1. The molecule has 1 saturated heterocycles. The fourth-order valence-corrected chi connectivity index (χ4v) is 5.21. The van der Waals surface area contributed by atoms with E-state index in [1.54, 1.807) is 18.7 Å². The van der Waals surface area contributed by atoms with E-state index in [0.717, 1.165) is 25.2 Å². The SMILES string of the molecule is CCOC(=O)N1CCCC(NS(=O)(=O)CC)C1CO[C@H]1CC[C@@H](C(C)C)CC1. The van der Waals surface area contributed by atoms with Crippen LogP contribution in [0.3, 0.4) is 0 Å². The Hall–Kier alpha value is -0.860. The van der Waals surface area contributed by atoms with Gasteiger partial charge in [0.25, 0.3) is 0 Å². The number of amides is 1. The molecule has 2 aliphatic rings. The Morgan fingerprint density at radius 1 is 1.14 bits per heavy atom. The minimum Gasteiger partial charge on any atom is -0.450 e. The first kappa shape index (κ1) is 23.4. The molecule has 0 aromatic rings. The van der Waals surface area contributed by atoms with Gasteiger partial charge in [-0.3, -0.25) is 0 Å². The normalized spacial score (nSPS) is 29.1. The van der Waals surface area contributed by atoms with Gasteiger partial charge in [-0.1, -0.05) is 13.8 Å². The fourth-order valence-electron chi connectivity index (χ4n) is 4.30. The maximum atomic E-state index is 12.4. The van der Waals surface area contributed by atoms with E-state index in [9.17, 15) is 13.2 Å². The number of carbonyl (C=O) groups is 1. The number of hydrogen-bond acceptors (Lipinski definition) is 5. The second kappa shape index (κ2) is 10.8. The quantitative estimate of drug-likeness (QED) is 0.654. The second-order valence-corrected chi connectivity index (χ2v) is 10.4. The Labute approximate surface area is 170 Å². The van der Waals surface area contributed by atoms with Gasteiger partial charge in [0.05, 0.1) is 31.1 Å². The standard InChI is InChI=1S/C20H38N2O5S/c1-5-26-20(23)22-13-7-8-18(21-28(24,25)6-2)19(22)14-27-17-11-9-16(10-12-17)15(3)4/h15-19,21H,5-14H2,1-4H3/t16-,17+,18?,19?. The third-order valence-electron chi connectivity index (χ3n) is 6.16. The van der Waals surface area contributed by atoms with Crippen molar-refractivity contribution in [2.45, 2.75) is 84.4 Å². The number of rotatable bonds is 8. The van der Waals surface area contributed by atoms with Gasteiger partial charge in [0.2, 0.25) is 10.0 Å². The van der Waals surface area contributed by atoms with Crippen molar-refractivity contribution in [2.75, 3.05) is 25.5 Å². The Morgan fingerprint density at radius 2 is 1.82 bits per heavy atom. The summed E-state index contributed by atoms with van der Waals surface area (Å²) in [6.45, 7) is 9.15. The average Bonchev–Trinajstić information content (AvgIpc) is 2.67. The molecule has 1 N–H and O–H groups in total. The smallest absolute Gasteiger partial charge is 0.410 e. The Balaban J connectivity index is 2.02. The van der Waals surface area contributed by atoms with Crippen molar-refractivity contribution < 1.29 is 22.7 Å². The number of sulfonamides is 1. The molecule has 1 aliphatic carbocycles. The van der Waals surface area contributed by atoms with Crippen molar-refractivity contribution in [3.05, 3.63) is 0 Å². The Bertz CT molecular complexity index is 587. The van der Waals surface area contributed by atoms with E-state index in [-0.39, 0.29) is 30.0 Å². The molecule has 1 amide bonds. The van der Waals surface area contributed by atoms with Crippen molar-refractivity contribution in [2.24, 2.45) is 11.8 Å². The Morgan fingerprint density at radius 3 is 2.39 bits per heavy atom. The van der Waals surface area contributed by atoms with Crippen molar-refractivity contribution in [3.8, 4) is 0 Å². The van der Waals surface area contributed by atoms with Gasteiger partial charge in [-0.05, 0) is 64.2 Å². The molecular weight excluding hydrogens is 380 g/mol. The van der Waals surface area contributed by atoms with Crippen LogP contribution in [0.2, 0.25) is 0 Å². The van der Waals surface area contributed by atoms with Crippen LogP contribution in [0.1, 0.15) is 66.2 Å². The van der Waals surface area contributed by atoms with E-state index < -0.39 is 10.0 Å². The maximum Gasteiger partial charge on any atom is 0.410 e. The zero-order chi connectivity index (χ0) is 20.7. The van der Waals surface area contributed by atoms with E-state index >= 15 is 0 Å². The van der Waals surface area contributed by atoms with Crippen LogP contribution in [0.4, 0.5) is 4.79 Å². The van der Waals surface area contributed by atoms with Crippen LogP contribution in [0.5, 0.6) is 0 Å². The number of piperidine rings is 1. The van der Waals surface area contributed by atoms with Crippen LogP contribution in [-0.4, -0.2) is 63.1 Å². The van der Waals surface area contributed by atoms with Gasteiger partial charge in [0.1, 0.15) is 0 Å². The van der Waals surface area contributed by atoms with Crippen molar-refractivity contribution >= 4 is 16.1 Å². The van der Waals surface area contributed by atoms with Gasteiger partial charge in [0, 0.05) is 12.6 Å². The van der Waals surface area contributed by atoms with Crippen LogP contribution in [0.15, 0.2) is 0 Å². The summed E-state index contributed by atoms with van der Waals surface area (Å²) in [4.78, 5) is 14.1. The highest BCUT2D eigenvalue weighted by atomic mass is 32.2. The molecule has 2 atom stereocenters. The zero-order valence-electron chi connectivity index (χ0n) is 17.9. The molecule has 7 nitrogen and oxygen atoms in total. The van der Waals surface area contributed by atoms with Crippen molar-refractivity contribution in [3.63, 3.8) is 0 Å². The summed E-state index contributed by atoms with van der Waals surface area (Å²) in [5.41, 5.74) is 0. The largest absolute Gasteiger partial charge is 0.450 e. The predicted molar refractivity (Wildman–Crippen MR) is 110 cm³/mol. The summed E-state index contributed by atoms with van der Waals surface area (Å²) in [5.74, 6) is 1.48. The summed E-state index contributed by atoms with van der Waals surface area (Å²) in [5, 5.41) is 0. The molecule has 164 valence electrons. The molecular formula is C20H38N2O5S. The van der Waals surface area contributed by atoms with Crippen molar-refractivity contribution in [1.82, 2.24) is 9.62 Å². The van der Waals surface area contributed by atoms with Gasteiger partial charge < -0.3 is 14.4 Å². The van der Waals surface area contributed by atoms with E-state index in [1.165, 1.54) is 12.8 Å². The molecule has 28 heavy (non-hydrogen) atoms. The molecule has 0 spiro atoms. The number of carbonyl (C=O) groups excluding carboxylic acids is 1. The fraction of sp³-hybridized carbons (Fsp3) is 0.950. The lowest BCUT2D eigenvalue weighted by molar-refractivity contribution is -0.0316. The lowest BCUT2D eigenvalue weighted by atomic mass is 9.80. The Kier molecular flexibility index (Phi) is 9.02. The summed E-state index contributed by atoms with van der Waals surface area (Å²) in [6.07, 6.45) is 5.63. The minimum absolute atomic E-state index is 0.0235. The number of ether oxygens (including phenoxy) is 2. The number of nitrogens with zero attached hydrogens (tertiary/aromatic N) is 1. The van der Waals surface area contributed by atoms with Crippen LogP contribution in [0, 0.1) is 11.8 Å². The van der Waals surface area contributed by atoms with E-state index in [4.69, 9.17) is 9.47 Å². The molecule has 8 heteroatoms. The van der Waals surface area contributed by atoms with Crippen LogP contribution >= 0.6 is 0 Å². The zero-order valence-corrected chi connectivity index (χ0v) is 18.7. The molecule has 2 unspecified atom stereocenters. The molecule has 1 heterocycles. The van der Waals surface area contributed by atoms with Crippen LogP contribution in [-0.2, 0) is 19.5 Å². The highest BCUT2D eigenvalue weighted by molar-refractivity contribution is 7.89. The lowest BCUT2D eigenvalue weighted by Crippen LogP contribution is -2.59. The van der Waals surface area contributed by atoms with Gasteiger partial charge in [0.15, 0.2) is 0 Å². The monoisotopic (exact) mass is 418 g/mol. The maximum absolute atomic E-state index is 12.4. The minimum atomic E-state index is -3.36. The first-order valence-electron chi connectivity index (χ1n) is 10.8. The molecule has 0 radical (unpaired) electrons. The first-order valence-corrected chi connectivity index (χ1v) is 12.5. The second-order valence-electron chi connectivity index (χ2n) is 8.34. The highest BCUT2D eigenvalue weighted by Crippen LogP contribution is 2.32. The molecule has 1 aliphatic heterocycles. The summed E-state index contributed by atoms with van der Waals surface area (Å²) < 4.78 is 38.4. The lowest BCUT2D eigenvalue weighted by Gasteiger charge is -2.41. The predicted octanol–water partition coefficient (Wildman–Crippen LogP) is 3.15. The first-order chi connectivity index (χ1) is 13.3. The third kappa shape index (κ3) is 6.59. The topological polar surface area (TPSA) is 84.9 Å². The number of nitrogens with one attached hydrogen (secondary N) is 1. The average molecular weight is 419 g/mol. The van der Waals surface area contributed by atoms with Gasteiger partial charge >= 0.3 is 6.09 Å². The van der Waals surface area contributed by atoms with E-state index in [0.29, 0.717) is 32.1 Å². The molecule has 0 bridgehead atoms. The van der Waals surface area contributed by atoms with Crippen molar-refractivity contribution in [1.29, 1.82) is 0 Å². The molecule has 2 fully saturated rings. The molecule has 1 saturated carbocycles. The third-order valence-corrected chi connectivity index (χ3v) is 7.58. The molecule has 0 aromatic heterocycles. The highest BCUT2D eigenvalue weighted by Gasteiger charge is 2.38. The molecule has 2 rings (SSSR count). The van der Waals surface area contributed by atoms with Gasteiger partial charge in [-0.25, -0.2) is 17.9 Å². The van der Waals surface area contributed by atoms with E-state index in [2.05, 4.69) is 18.6 Å². The number of likely N-dealkylation sites (tertiary alicyclic amines) is 1. The summed E-state index contributed by atoms with van der Waals surface area (Å²) in [7, 11) is -3.36. The molecule has 0 aromatic carbocycles.